The first-order valence-corrected chi connectivity index (χ1v) is 6.14. The number of rotatable bonds is 5. The van der Waals surface area contributed by atoms with Crippen molar-refractivity contribution in [3.05, 3.63) is 54.4 Å². The van der Waals surface area contributed by atoms with Crippen molar-refractivity contribution in [2.45, 2.75) is 26.4 Å². The molecule has 0 aliphatic carbocycles. The van der Waals surface area contributed by atoms with Crippen LogP contribution in [0.1, 0.15) is 19.4 Å². The standard InChI is InChI=1S/C15H18N2O/c1-12(2)17-10-13-5-3-6-14(9-13)18-15-7-4-8-16-11-15/h3-9,11-12,17H,10H2,1-2H3. The van der Waals surface area contributed by atoms with Gasteiger partial charge in [-0.3, -0.25) is 4.98 Å². The number of hydrogen-bond acceptors (Lipinski definition) is 3. The smallest absolute Gasteiger partial charge is 0.145 e. The first-order chi connectivity index (χ1) is 8.74. The average molecular weight is 242 g/mol. The van der Waals surface area contributed by atoms with Crippen LogP contribution in [-0.4, -0.2) is 11.0 Å². The molecular formula is C15H18N2O. The maximum atomic E-state index is 5.74. The van der Waals surface area contributed by atoms with Crippen LogP contribution in [0.3, 0.4) is 0 Å². The van der Waals surface area contributed by atoms with Crippen LogP contribution >= 0.6 is 0 Å². The van der Waals surface area contributed by atoms with Crippen LogP contribution in [0, 0.1) is 0 Å². The first-order valence-electron chi connectivity index (χ1n) is 6.14. The SMILES string of the molecule is CC(C)NCc1cccc(Oc2cccnc2)c1. The maximum absolute atomic E-state index is 5.74. The van der Waals surface area contributed by atoms with Gasteiger partial charge < -0.3 is 10.1 Å². The predicted molar refractivity (Wildman–Crippen MR) is 72.7 cm³/mol. The molecule has 0 fully saturated rings. The Balaban J connectivity index is 2.03. The number of hydrogen-bond donors (Lipinski definition) is 1. The van der Waals surface area contributed by atoms with Crippen molar-refractivity contribution in [2.24, 2.45) is 0 Å². The third-order valence-electron chi connectivity index (χ3n) is 2.48. The third-order valence-corrected chi connectivity index (χ3v) is 2.48. The Labute approximate surface area is 108 Å². The highest BCUT2D eigenvalue weighted by Crippen LogP contribution is 2.21. The van der Waals surface area contributed by atoms with E-state index < -0.39 is 0 Å². The Hall–Kier alpha value is -1.87. The molecule has 3 heteroatoms. The molecule has 0 radical (unpaired) electrons. The van der Waals surface area contributed by atoms with Crippen LogP contribution in [0.2, 0.25) is 0 Å². The van der Waals surface area contributed by atoms with E-state index in [1.54, 1.807) is 12.4 Å². The summed E-state index contributed by atoms with van der Waals surface area (Å²) in [6.07, 6.45) is 3.44. The van der Waals surface area contributed by atoms with Gasteiger partial charge in [0.15, 0.2) is 0 Å². The Morgan fingerprint density at radius 2 is 2.00 bits per heavy atom. The van der Waals surface area contributed by atoms with E-state index in [2.05, 4.69) is 30.2 Å². The van der Waals surface area contributed by atoms with Gasteiger partial charge in [0.1, 0.15) is 11.5 Å². The maximum Gasteiger partial charge on any atom is 0.145 e. The van der Waals surface area contributed by atoms with E-state index in [0.29, 0.717) is 6.04 Å². The van der Waals surface area contributed by atoms with Gasteiger partial charge in [0.05, 0.1) is 6.20 Å². The zero-order chi connectivity index (χ0) is 12.8. The molecule has 0 amide bonds. The minimum Gasteiger partial charge on any atom is -0.456 e. The third kappa shape index (κ3) is 3.86. The zero-order valence-electron chi connectivity index (χ0n) is 10.8. The Morgan fingerprint density at radius 3 is 2.72 bits per heavy atom. The van der Waals surface area contributed by atoms with Gasteiger partial charge >= 0.3 is 0 Å². The second-order valence-corrected chi connectivity index (χ2v) is 4.47. The highest BCUT2D eigenvalue weighted by Gasteiger charge is 2.00. The molecule has 0 bridgehead atoms. The Bertz CT molecular complexity index is 483. The number of pyridine rings is 1. The van der Waals surface area contributed by atoms with E-state index in [1.807, 2.05) is 30.3 Å². The van der Waals surface area contributed by atoms with E-state index >= 15 is 0 Å². The molecule has 94 valence electrons. The first kappa shape index (κ1) is 12.6. The number of ether oxygens (including phenoxy) is 1. The summed E-state index contributed by atoms with van der Waals surface area (Å²) in [5.74, 6) is 1.59. The number of nitrogens with one attached hydrogen (secondary N) is 1. The summed E-state index contributed by atoms with van der Waals surface area (Å²) in [5, 5.41) is 3.38. The fraction of sp³-hybridized carbons (Fsp3) is 0.267. The van der Waals surface area contributed by atoms with Crippen molar-refractivity contribution in [1.82, 2.24) is 10.3 Å². The summed E-state index contributed by atoms with van der Waals surface area (Å²) >= 11 is 0. The minimum absolute atomic E-state index is 0.480. The molecular weight excluding hydrogens is 224 g/mol. The van der Waals surface area contributed by atoms with Gasteiger partial charge in [-0.05, 0) is 29.8 Å². The van der Waals surface area contributed by atoms with Gasteiger partial charge in [-0.1, -0.05) is 26.0 Å². The average Bonchev–Trinajstić information content (AvgIpc) is 2.38. The number of benzene rings is 1. The molecule has 0 unspecified atom stereocenters. The predicted octanol–water partition coefficient (Wildman–Crippen LogP) is 3.37. The second kappa shape index (κ2) is 6.17. The number of aromatic nitrogens is 1. The second-order valence-electron chi connectivity index (χ2n) is 4.47. The van der Waals surface area contributed by atoms with E-state index in [4.69, 9.17) is 4.74 Å². The number of nitrogens with zero attached hydrogens (tertiary/aromatic N) is 1. The molecule has 0 spiro atoms. The van der Waals surface area contributed by atoms with E-state index in [-0.39, 0.29) is 0 Å². The molecule has 0 aliphatic heterocycles. The Kier molecular flexibility index (Phi) is 4.31. The summed E-state index contributed by atoms with van der Waals surface area (Å²) in [5.41, 5.74) is 1.21. The summed E-state index contributed by atoms with van der Waals surface area (Å²) in [7, 11) is 0. The lowest BCUT2D eigenvalue weighted by molar-refractivity contribution is 0.478. The van der Waals surface area contributed by atoms with Gasteiger partial charge in [0.25, 0.3) is 0 Å². The molecule has 1 N–H and O–H groups in total. The molecule has 0 saturated heterocycles. The Morgan fingerprint density at radius 1 is 1.17 bits per heavy atom. The lowest BCUT2D eigenvalue weighted by Gasteiger charge is -2.10. The summed E-state index contributed by atoms with van der Waals surface area (Å²) in [6.45, 7) is 5.12. The van der Waals surface area contributed by atoms with Gasteiger partial charge in [0, 0.05) is 18.8 Å². The summed E-state index contributed by atoms with van der Waals surface area (Å²) < 4.78 is 5.74. The van der Waals surface area contributed by atoms with Gasteiger partial charge in [0.2, 0.25) is 0 Å². The topological polar surface area (TPSA) is 34.1 Å². The van der Waals surface area contributed by atoms with Crippen LogP contribution in [0.15, 0.2) is 48.8 Å². The van der Waals surface area contributed by atoms with E-state index in [0.717, 1.165) is 18.0 Å². The van der Waals surface area contributed by atoms with Crippen molar-refractivity contribution in [1.29, 1.82) is 0 Å². The quantitative estimate of drug-likeness (QED) is 0.872. The van der Waals surface area contributed by atoms with Crippen LogP contribution < -0.4 is 10.1 Å². The summed E-state index contributed by atoms with van der Waals surface area (Å²) in [6, 6.07) is 12.3. The zero-order valence-corrected chi connectivity index (χ0v) is 10.8. The highest BCUT2D eigenvalue weighted by atomic mass is 16.5. The minimum atomic E-state index is 0.480. The van der Waals surface area contributed by atoms with Gasteiger partial charge in [-0.2, -0.15) is 0 Å². The normalized spacial score (nSPS) is 10.6. The molecule has 2 rings (SSSR count). The molecule has 0 atom stereocenters. The van der Waals surface area contributed by atoms with Crippen molar-refractivity contribution < 1.29 is 4.74 Å². The van der Waals surface area contributed by atoms with Crippen molar-refractivity contribution >= 4 is 0 Å². The molecule has 1 aromatic heterocycles. The fourth-order valence-corrected chi connectivity index (χ4v) is 1.58. The molecule has 0 saturated carbocycles. The highest BCUT2D eigenvalue weighted by molar-refractivity contribution is 5.32. The van der Waals surface area contributed by atoms with Crippen LogP contribution in [0.5, 0.6) is 11.5 Å². The van der Waals surface area contributed by atoms with Crippen molar-refractivity contribution in [3.8, 4) is 11.5 Å². The summed E-state index contributed by atoms with van der Waals surface area (Å²) in [4.78, 5) is 4.03. The lowest BCUT2D eigenvalue weighted by Crippen LogP contribution is -2.21. The van der Waals surface area contributed by atoms with Crippen LogP contribution in [0.25, 0.3) is 0 Å². The largest absolute Gasteiger partial charge is 0.456 e. The van der Waals surface area contributed by atoms with E-state index in [9.17, 15) is 0 Å². The molecule has 0 aliphatic rings. The molecule has 1 aromatic carbocycles. The van der Waals surface area contributed by atoms with Crippen LogP contribution in [-0.2, 0) is 6.54 Å². The van der Waals surface area contributed by atoms with Crippen molar-refractivity contribution in [3.63, 3.8) is 0 Å². The van der Waals surface area contributed by atoms with E-state index in [1.165, 1.54) is 5.56 Å². The molecule has 2 aromatic rings. The monoisotopic (exact) mass is 242 g/mol. The fourth-order valence-electron chi connectivity index (χ4n) is 1.58. The molecule has 18 heavy (non-hydrogen) atoms. The van der Waals surface area contributed by atoms with Gasteiger partial charge in [-0.25, -0.2) is 0 Å². The molecule has 3 nitrogen and oxygen atoms in total. The molecule has 1 heterocycles. The van der Waals surface area contributed by atoms with Crippen molar-refractivity contribution in [2.75, 3.05) is 0 Å². The lowest BCUT2D eigenvalue weighted by atomic mass is 10.2. The van der Waals surface area contributed by atoms with Crippen LogP contribution in [0.4, 0.5) is 0 Å². The van der Waals surface area contributed by atoms with Gasteiger partial charge in [-0.15, -0.1) is 0 Å².